The van der Waals surface area contributed by atoms with Crippen LogP contribution in [0.25, 0.3) is 0 Å². The van der Waals surface area contributed by atoms with E-state index in [1.807, 2.05) is 30.3 Å². The van der Waals surface area contributed by atoms with Gasteiger partial charge < -0.3 is 14.8 Å². The lowest BCUT2D eigenvalue weighted by Crippen LogP contribution is -2.46. The second kappa shape index (κ2) is 8.48. The lowest BCUT2D eigenvalue weighted by Gasteiger charge is -2.25. The molecule has 0 aromatic heterocycles. The number of halogens is 1. The van der Waals surface area contributed by atoms with Crippen molar-refractivity contribution in [2.45, 2.75) is 6.10 Å². The van der Waals surface area contributed by atoms with E-state index in [9.17, 15) is 9.59 Å². The fraction of sp³-hybridized carbons (Fsp3) is 0.167. The summed E-state index contributed by atoms with van der Waals surface area (Å²) in [5.74, 6) is 0.231. The Hall–Kier alpha value is -2.87. The Morgan fingerprint density at radius 1 is 1.15 bits per heavy atom. The van der Waals surface area contributed by atoms with Crippen molar-refractivity contribution in [3.63, 3.8) is 0 Å². The Bertz CT molecular complexity index is 823. The molecular formula is C18H16BrN3O4. The van der Waals surface area contributed by atoms with Crippen molar-refractivity contribution in [1.29, 1.82) is 0 Å². The van der Waals surface area contributed by atoms with E-state index in [0.717, 1.165) is 10.0 Å². The summed E-state index contributed by atoms with van der Waals surface area (Å²) in [7, 11) is 0. The van der Waals surface area contributed by atoms with Crippen LogP contribution in [0.3, 0.4) is 0 Å². The molecule has 0 fully saturated rings. The van der Waals surface area contributed by atoms with E-state index >= 15 is 0 Å². The van der Waals surface area contributed by atoms with Gasteiger partial charge >= 0.3 is 0 Å². The highest BCUT2D eigenvalue weighted by atomic mass is 79.9. The average molecular weight is 418 g/mol. The van der Waals surface area contributed by atoms with Crippen LogP contribution < -0.4 is 20.2 Å². The quantitative estimate of drug-likeness (QED) is 0.573. The highest BCUT2D eigenvalue weighted by molar-refractivity contribution is 9.10. The molecule has 0 unspecified atom stereocenters. The first-order chi connectivity index (χ1) is 12.6. The third-order valence-corrected chi connectivity index (χ3v) is 4.03. The number of amides is 2. The minimum absolute atomic E-state index is 0.0895. The summed E-state index contributed by atoms with van der Waals surface area (Å²) in [6, 6.07) is 14.5. The van der Waals surface area contributed by atoms with Crippen LogP contribution in [-0.4, -0.2) is 37.3 Å². The molecule has 134 valence electrons. The topological polar surface area (TPSA) is 89.0 Å². The summed E-state index contributed by atoms with van der Waals surface area (Å²) in [6.45, 7) is -0.121. The van der Waals surface area contributed by atoms with Crippen molar-refractivity contribution in [2.24, 2.45) is 5.10 Å². The molecule has 2 amide bonds. The van der Waals surface area contributed by atoms with Crippen LogP contribution >= 0.6 is 15.9 Å². The number of benzene rings is 2. The van der Waals surface area contributed by atoms with Crippen LogP contribution in [0, 0.1) is 0 Å². The van der Waals surface area contributed by atoms with E-state index in [0.29, 0.717) is 11.5 Å². The van der Waals surface area contributed by atoms with Crippen LogP contribution in [0.2, 0.25) is 0 Å². The lowest BCUT2D eigenvalue weighted by atomic mass is 10.2. The first kappa shape index (κ1) is 17.9. The van der Waals surface area contributed by atoms with Gasteiger partial charge in [0.1, 0.15) is 6.61 Å². The number of para-hydroxylation sites is 2. The summed E-state index contributed by atoms with van der Waals surface area (Å²) < 4.78 is 12.0. The molecule has 0 saturated heterocycles. The Morgan fingerprint density at radius 2 is 1.88 bits per heavy atom. The van der Waals surface area contributed by atoms with E-state index in [-0.39, 0.29) is 13.2 Å². The van der Waals surface area contributed by atoms with Gasteiger partial charge in [-0.1, -0.05) is 40.2 Å². The molecule has 1 heterocycles. The maximum Gasteiger partial charge on any atom is 0.265 e. The van der Waals surface area contributed by atoms with Crippen molar-refractivity contribution in [2.75, 3.05) is 13.2 Å². The zero-order valence-corrected chi connectivity index (χ0v) is 15.2. The zero-order chi connectivity index (χ0) is 18.4. The Balaban J connectivity index is 1.43. The van der Waals surface area contributed by atoms with E-state index in [4.69, 9.17) is 9.47 Å². The number of fused-ring (bicyclic) bond motifs is 1. The van der Waals surface area contributed by atoms with Gasteiger partial charge in [-0.3, -0.25) is 9.59 Å². The van der Waals surface area contributed by atoms with Gasteiger partial charge in [-0.15, -0.1) is 0 Å². The molecule has 1 atom stereocenters. The number of hydrogen-bond acceptors (Lipinski definition) is 5. The van der Waals surface area contributed by atoms with Crippen LogP contribution in [-0.2, 0) is 9.59 Å². The van der Waals surface area contributed by atoms with Crippen molar-refractivity contribution in [3.05, 3.63) is 58.6 Å². The number of rotatable bonds is 5. The lowest BCUT2D eigenvalue weighted by molar-refractivity contribution is -0.132. The van der Waals surface area contributed by atoms with Crippen LogP contribution in [0.4, 0.5) is 0 Å². The third kappa shape index (κ3) is 4.82. The maximum absolute atomic E-state index is 12.1. The number of hydrazone groups is 1. The SMILES string of the molecule is O=C(CNC(=O)[C@@H]1COc2ccccc2O1)N/N=C\c1ccc(Br)cc1. The van der Waals surface area contributed by atoms with Crippen LogP contribution in [0.1, 0.15) is 5.56 Å². The molecule has 1 aliphatic rings. The van der Waals surface area contributed by atoms with Gasteiger partial charge in [-0.2, -0.15) is 5.10 Å². The standard InChI is InChI=1S/C18H16BrN3O4/c19-13-7-5-12(6-8-13)9-21-22-17(23)10-20-18(24)16-11-25-14-3-1-2-4-15(14)26-16/h1-9,16H,10-11H2,(H,20,24)(H,22,23)/b21-9-/t16-/m0/s1. The van der Waals surface area contributed by atoms with Gasteiger partial charge in [0.2, 0.25) is 6.10 Å². The van der Waals surface area contributed by atoms with Gasteiger partial charge in [0.25, 0.3) is 11.8 Å². The van der Waals surface area contributed by atoms with Gasteiger partial charge in [0.15, 0.2) is 11.5 Å². The van der Waals surface area contributed by atoms with Crippen molar-refractivity contribution < 1.29 is 19.1 Å². The first-order valence-corrected chi connectivity index (χ1v) is 8.65. The molecule has 3 rings (SSSR count). The summed E-state index contributed by atoms with van der Waals surface area (Å²) in [5, 5.41) is 6.35. The monoisotopic (exact) mass is 417 g/mol. The number of nitrogens with zero attached hydrogens (tertiary/aromatic N) is 1. The molecule has 0 bridgehead atoms. The van der Waals surface area contributed by atoms with Crippen LogP contribution in [0.15, 0.2) is 58.1 Å². The number of carbonyl (C=O) groups is 2. The molecule has 2 aromatic carbocycles. The Morgan fingerprint density at radius 3 is 2.65 bits per heavy atom. The molecule has 26 heavy (non-hydrogen) atoms. The minimum atomic E-state index is -0.802. The molecule has 8 heteroatoms. The predicted molar refractivity (Wildman–Crippen MR) is 99.2 cm³/mol. The molecule has 2 N–H and O–H groups in total. The summed E-state index contributed by atoms with van der Waals surface area (Å²) in [6.07, 6.45) is 0.713. The highest BCUT2D eigenvalue weighted by Gasteiger charge is 2.27. The number of ether oxygens (including phenoxy) is 2. The van der Waals surface area contributed by atoms with Crippen molar-refractivity contribution >= 4 is 34.0 Å². The normalized spacial score (nSPS) is 15.5. The molecular weight excluding hydrogens is 402 g/mol. The summed E-state index contributed by atoms with van der Waals surface area (Å²) in [4.78, 5) is 23.9. The van der Waals surface area contributed by atoms with Gasteiger partial charge in [-0.25, -0.2) is 5.43 Å². The van der Waals surface area contributed by atoms with Crippen LogP contribution in [0.5, 0.6) is 11.5 Å². The van der Waals surface area contributed by atoms with E-state index < -0.39 is 17.9 Å². The van der Waals surface area contributed by atoms with Gasteiger partial charge in [0, 0.05) is 4.47 Å². The molecule has 0 spiro atoms. The van der Waals surface area contributed by atoms with Crippen molar-refractivity contribution in [1.82, 2.24) is 10.7 Å². The zero-order valence-electron chi connectivity index (χ0n) is 13.6. The predicted octanol–water partition coefficient (Wildman–Crippen LogP) is 1.86. The van der Waals surface area contributed by atoms with Gasteiger partial charge in [-0.05, 0) is 29.8 Å². The van der Waals surface area contributed by atoms with E-state index in [1.165, 1.54) is 6.21 Å². The third-order valence-electron chi connectivity index (χ3n) is 3.50. The van der Waals surface area contributed by atoms with E-state index in [2.05, 4.69) is 31.8 Å². The Labute approximate surface area is 158 Å². The second-order valence-corrected chi connectivity index (χ2v) is 6.34. The fourth-order valence-corrected chi connectivity index (χ4v) is 2.46. The Kier molecular flexibility index (Phi) is 5.85. The molecule has 0 radical (unpaired) electrons. The summed E-state index contributed by atoms with van der Waals surface area (Å²) >= 11 is 3.34. The highest BCUT2D eigenvalue weighted by Crippen LogP contribution is 2.30. The smallest absolute Gasteiger partial charge is 0.265 e. The van der Waals surface area contributed by atoms with E-state index in [1.54, 1.807) is 18.2 Å². The molecule has 2 aromatic rings. The fourth-order valence-electron chi connectivity index (χ4n) is 2.20. The first-order valence-electron chi connectivity index (χ1n) is 7.85. The average Bonchev–Trinajstić information content (AvgIpc) is 2.67. The number of hydrogen-bond donors (Lipinski definition) is 2. The summed E-state index contributed by atoms with van der Waals surface area (Å²) in [5.41, 5.74) is 3.19. The largest absolute Gasteiger partial charge is 0.485 e. The minimum Gasteiger partial charge on any atom is -0.485 e. The number of nitrogens with one attached hydrogen (secondary N) is 2. The molecule has 0 aliphatic carbocycles. The molecule has 1 aliphatic heterocycles. The second-order valence-electron chi connectivity index (χ2n) is 5.43. The van der Waals surface area contributed by atoms with Gasteiger partial charge in [0.05, 0.1) is 12.8 Å². The molecule has 7 nitrogen and oxygen atoms in total. The van der Waals surface area contributed by atoms with Crippen molar-refractivity contribution in [3.8, 4) is 11.5 Å². The molecule has 0 saturated carbocycles. The number of carbonyl (C=O) groups excluding carboxylic acids is 2. The maximum atomic E-state index is 12.1.